The van der Waals surface area contributed by atoms with Crippen LogP contribution >= 0.6 is 11.8 Å². The first-order valence-corrected chi connectivity index (χ1v) is 6.89. The van der Waals surface area contributed by atoms with E-state index in [4.69, 9.17) is 5.11 Å². The molecule has 0 aliphatic carbocycles. The normalized spacial score (nSPS) is 20.1. The van der Waals surface area contributed by atoms with Gasteiger partial charge in [0, 0.05) is 12.6 Å². The molecule has 0 aromatic heterocycles. The third-order valence-corrected chi connectivity index (χ3v) is 3.83. The lowest BCUT2D eigenvalue weighted by atomic mass is 10.1. The summed E-state index contributed by atoms with van der Waals surface area (Å²) in [6.07, 6.45) is 2.92. The number of amides is 1. The molecule has 16 heavy (non-hydrogen) atoms. The van der Waals surface area contributed by atoms with Gasteiger partial charge in [-0.25, -0.2) is 0 Å². The van der Waals surface area contributed by atoms with Crippen LogP contribution in [0.3, 0.4) is 0 Å². The fourth-order valence-electron chi connectivity index (χ4n) is 1.96. The van der Waals surface area contributed by atoms with Crippen molar-refractivity contribution in [2.45, 2.75) is 38.6 Å². The molecule has 1 N–H and O–H groups in total. The summed E-state index contributed by atoms with van der Waals surface area (Å²) in [7, 11) is 0. The quantitative estimate of drug-likeness (QED) is 0.722. The number of hydrogen-bond acceptors (Lipinski definition) is 3. The molecule has 1 unspecified atom stereocenters. The van der Waals surface area contributed by atoms with Crippen LogP contribution in [0.1, 0.15) is 32.6 Å². The van der Waals surface area contributed by atoms with Crippen molar-refractivity contribution in [1.29, 1.82) is 0 Å². The number of likely N-dealkylation sites (tertiary alicyclic amines) is 1. The lowest BCUT2D eigenvalue weighted by molar-refractivity contribution is -0.139. The van der Waals surface area contributed by atoms with Crippen LogP contribution in [0.25, 0.3) is 0 Å². The molecule has 5 heteroatoms. The molecule has 0 radical (unpaired) electrons. The fourth-order valence-corrected chi connectivity index (χ4v) is 2.74. The van der Waals surface area contributed by atoms with Crippen LogP contribution in [0.2, 0.25) is 0 Å². The van der Waals surface area contributed by atoms with Gasteiger partial charge in [0.1, 0.15) is 0 Å². The van der Waals surface area contributed by atoms with Crippen LogP contribution in [0.4, 0.5) is 0 Å². The Labute approximate surface area is 100 Å². The van der Waals surface area contributed by atoms with E-state index in [1.54, 1.807) is 16.7 Å². The highest BCUT2D eigenvalue weighted by Crippen LogP contribution is 2.21. The molecule has 1 rings (SSSR count). The van der Waals surface area contributed by atoms with Crippen LogP contribution in [0.5, 0.6) is 0 Å². The molecule has 1 aliphatic rings. The molecule has 92 valence electrons. The maximum Gasteiger partial charge on any atom is 0.305 e. The number of aliphatic carboxylic acids is 1. The van der Waals surface area contributed by atoms with Crippen LogP contribution in [-0.2, 0) is 9.59 Å². The summed E-state index contributed by atoms with van der Waals surface area (Å²) in [5.74, 6) is 0.765. The highest BCUT2D eigenvalue weighted by Gasteiger charge is 2.29. The van der Waals surface area contributed by atoms with E-state index < -0.39 is 5.97 Å². The summed E-state index contributed by atoms with van der Waals surface area (Å²) < 4.78 is 0. The third-order valence-electron chi connectivity index (χ3n) is 2.68. The molecule has 0 spiro atoms. The van der Waals surface area contributed by atoms with Gasteiger partial charge in [-0.1, -0.05) is 6.92 Å². The van der Waals surface area contributed by atoms with Crippen molar-refractivity contribution in [1.82, 2.24) is 4.90 Å². The summed E-state index contributed by atoms with van der Waals surface area (Å²) in [5.41, 5.74) is 0. The molecular weight excluding hydrogens is 226 g/mol. The van der Waals surface area contributed by atoms with Gasteiger partial charge >= 0.3 is 5.97 Å². The Morgan fingerprint density at radius 1 is 1.50 bits per heavy atom. The molecule has 1 amide bonds. The monoisotopic (exact) mass is 245 g/mol. The summed E-state index contributed by atoms with van der Waals surface area (Å²) in [5, 5.41) is 8.74. The van der Waals surface area contributed by atoms with Gasteiger partial charge in [0.05, 0.1) is 12.2 Å². The van der Waals surface area contributed by atoms with Crippen molar-refractivity contribution in [3.63, 3.8) is 0 Å². The van der Waals surface area contributed by atoms with Crippen LogP contribution in [-0.4, -0.2) is 46.0 Å². The first kappa shape index (κ1) is 13.4. The van der Waals surface area contributed by atoms with E-state index in [0.717, 1.165) is 31.6 Å². The number of thioether (sulfide) groups is 1. The number of carboxylic acids is 1. The lowest BCUT2D eigenvalue weighted by Crippen LogP contribution is -2.38. The molecular formula is C11H19NO3S. The first-order valence-electron chi connectivity index (χ1n) is 5.74. The summed E-state index contributed by atoms with van der Waals surface area (Å²) in [4.78, 5) is 24.2. The van der Waals surface area contributed by atoms with Crippen molar-refractivity contribution in [2.75, 3.05) is 18.1 Å². The van der Waals surface area contributed by atoms with E-state index in [1.165, 1.54) is 0 Å². The Morgan fingerprint density at radius 3 is 2.88 bits per heavy atom. The smallest absolute Gasteiger partial charge is 0.305 e. The maximum atomic E-state index is 11.8. The van der Waals surface area contributed by atoms with E-state index >= 15 is 0 Å². The Balaban J connectivity index is 2.38. The van der Waals surface area contributed by atoms with Gasteiger partial charge in [-0.2, -0.15) is 11.8 Å². The molecule has 4 nitrogen and oxygen atoms in total. The average molecular weight is 245 g/mol. The molecule has 0 saturated carbocycles. The largest absolute Gasteiger partial charge is 0.481 e. The van der Waals surface area contributed by atoms with Crippen molar-refractivity contribution in [3.8, 4) is 0 Å². The van der Waals surface area contributed by atoms with Crippen LogP contribution in [0, 0.1) is 0 Å². The first-order chi connectivity index (χ1) is 7.65. The SMILES string of the molecule is CCCSCC(=O)N1CCCC1CC(=O)O. The maximum absolute atomic E-state index is 11.8. The molecule has 1 heterocycles. The van der Waals surface area contributed by atoms with Gasteiger partial charge < -0.3 is 10.0 Å². The molecule has 1 atom stereocenters. The Kier molecular flexibility index (Phi) is 5.66. The number of carbonyl (C=O) groups excluding carboxylic acids is 1. The van der Waals surface area contributed by atoms with Crippen LogP contribution < -0.4 is 0 Å². The lowest BCUT2D eigenvalue weighted by Gasteiger charge is -2.23. The summed E-state index contributed by atoms with van der Waals surface area (Å²) in [6, 6.07) is -0.0766. The van der Waals surface area contributed by atoms with Crippen LogP contribution in [0.15, 0.2) is 0 Å². The van der Waals surface area contributed by atoms with E-state index in [1.807, 2.05) is 0 Å². The van der Waals surface area contributed by atoms with Crippen molar-refractivity contribution >= 4 is 23.6 Å². The topological polar surface area (TPSA) is 57.6 Å². The van der Waals surface area contributed by atoms with Crippen molar-refractivity contribution < 1.29 is 14.7 Å². The zero-order valence-corrected chi connectivity index (χ0v) is 10.5. The molecule has 1 saturated heterocycles. The highest BCUT2D eigenvalue weighted by molar-refractivity contribution is 7.99. The fraction of sp³-hybridized carbons (Fsp3) is 0.818. The molecule has 0 bridgehead atoms. The van der Waals surface area contributed by atoms with Gasteiger partial charge in [0.2, 0.25) is 5.91 Å². The minimum Gasteiger partial charge on any atom is -0.481 e. The predicted octanol–water partition coefficient (Wildman–Crippen LogP) is 1.60. The number of carbonyl (C=O) groups is 2. The van der Waals surface area contributed by atoms with E-state index in [-0.39, 0.29) is 18.4 Å². The average Bonchev–Trinajstić information content (AvgIpc) is 2.65. The van der Waals surface area contributed by atoms with Gasteiger partial charge in [-0.15, -0.1) is 0 Å². The number of hydrogen-bond donors (Lipinski definition) is 1. The van der Waals surface area contributed by atoms with Gasteiger partial charge in [-0.3, -0.25) is 9.59 Å². The minimum absolute atomic E-state index is 0.0766. The van der Waals surface area contributed by atoms with E-state index in [9.17, 15) is 9.59 Å². The number of carboxylic acid groups (broad SMARTS) is 1. The second kappa shape index (κ2) is 6.78. The second-order valence-corrected chi connectivity index (χ2v) is 5.14. The van der Waals surface area contributed by atoms with E-state index in [2.05, 4.69) is 6.92 Å². The Morgan fingerprint density at radius 2 is 2.25 bits per heavy atom. The molecule has 1 aliphatic heterocycles. The summed E-state index contributed by atoms with van der Waals surface area (Å²) >= 11 is 1.63. The zero-order chi connectivity index (χ0) is 12.0. The molecule has 0 aromatic carbocycles. The van der Waals surface area contributed by atoms with Gasteiger partial charge in [0.15, 0.2) is 0 Å². The minimum atomic E-state index is -0.814. The van der Waals surface area contributed by atoms with Crippen molar-refractivity contribution in [2.24, 2.45) is 0 Å². The van der Waals surface area contributed by atoms with Crippen molar-refractivity contribution in [3.05, 3.63) is 0 Å². The predicted molar refractivity (Wildman–Crippen MR) is 64.6 cm³/mol. The van der Waals surface area contributed by atoms with Gasteiger partial charge in [0.25, 0.3) is 0 Å². The number of nitrogens with zero attached hydrogens (tertiary/aromatic N) is 1. The molecule has 1 fully saturated rings. The zero-order valence-electron chi connectivity index (χ0n) is 9.65. The van der Waals surface area contributed by atoms with E-state index in [0.29, 0.717) is 5.75 Å². The van der Waals surface area contributed by atoms with Gasteiger partial charge in [-0.05, 0) is 25.0 Å². The number of rotatable bonds is 6. The Bertz CT molecular complexity index is 258. The standard InChI is InChI=1S/C11H19NO3S/c1-2-6-16-8-10(13)12-5-3-4-9(12)7-11(14)15/h9H,2-8H2,1H3,(H,14,15). The highest BCUT2D eigenvalue weighted by atomic mass is 32.2. The second-order valence-electron chi connectivity index (χ2n) is 4.03. The Hall–Kier alpha value is -0.710. The third kappa shape index (κ3) is 4.04. The molecule has 0 aromatic rings. The summed E-state index contributed by atoms with van der Waals surface area (Å²) in [6.45, 7) is 2.81.